The van der Waals surface area contributed by atoms with Crippen LogP contribution in [0.3, 0.4) is 0 Å². The number of amides is 1. The van der Waals surface area contributed by atoms with Gasteiger partial charge in [-0.25, -0.2) is 9.18 Å². The van der Waals surface area contributed by atoms with Crippen LogP contribution in [0.1, 0.15) is 73.0 Å². The van der Waals surface area contributed by atoms with E-state index in [4.69, 9.17) is 15.2 Å². The third-order valence-electron chi connectivity index (χ3n) is 9.30. The van der Waals surface area contributed by atoms with Gasteiger partial charge in [0.2, 0.25) is 5.91 Å². The number of hydrogen-bond donors (Lipinski definition) is 2. The van der Waals surface area contributed by atoms with Crippen LogP contribution in [0.2, 0.25) is 0 Å². The molecule has 2 aliphatic rings. The number of carbonyl (C=O) groups excluding carboxylic acids is 3. The van der Waals surface area contributed by atoms with Crippen molar-refractivity contribution in [3.05, 3.63) is 71.4 Å². The van der Waals surface area contributed by atoms with Crippen LogP contribution < -0.4 is 5.73 Å². The molecule has 3 atom stereocenters. The Labute approximate surface area is 258 Å². The predicted octanol–water partition coefficient (Wildman–Crippen LogP) is 5.35. The fourth-order valence-electron chi connectivity index (χ4n) is 6.90. The number of nitrogens with one attached hydrogen (secondary N) is 1. The van der Waals surface area contributed by atoms with E-state index in [0.29, 0.717) is 44.7 Å². The van der Waals surface area contributed by atoms with Crippen molar-refractivity contribution in [2.24, 2.45) is 17.6 Å². The third-order valence-corrected chi connectivity index (χ3v) is 9.30. The van der Waals surface area contributed by atoms with Crippen LogP contribution in [-0.4, -0.2) is 72.7 Å². The van der Waals surface area contributed by atoms with E-state index in [9.17, 15) is 18.8 Å². The number of nitrogens with zero attached hydrogens (tertiary/aromatic N) is 1. The van der Waals surface area contributed by atoms with Crippen LogP contribution >= 0.6 is 0 Å². The number of halogens is 1. The Morgan fingerprint density at radius 3 is 2.52 bits per heavy atom. The highest BCUT2D eigenvalue weighted by atomic mass is 19.1. The van der Waals surface area contributed by atoms with Gasteiger partial charge in [0.15, 0.2) is 5.78 Å². The third kappa shape index (κ3) is 7.38. The van der Waals surface area contributed by atoms with Gasteiger partial charge in [-0.2, -0.15) is 0 Å². The second kappa shape index (κ2) is 14.9. The molecule has 0 spiro atoms. The molecule has 0 unspecified atom stereocenters. The highest BCUT2D eigenvalue weighted by molar-refractivity contribution is 5.96. The lowest BCUT2D eigenvalue weighted by atomic mass is 9.78. The Bertz CT molecular complexity index is 1420. The van der Waals surface area contributed by atoms with Crippen molar-refractivity contribution in [2.75, 3.05) is 33.0 Å². The van der Waals surface area contributed by atoms with Gasteiger partial charge < -0.3 is 25.1 Å². The molecule has 2 fully saturated rings. The second-order valence-corrected chi connectivity index (χ2v) is 12.1. The number of H-pyrrole nitrogens is 1. The fraction of sp³-hybridized carbons (Fsp3) is 0.514. The van der Waals surface area contributed by atoms with Gasteiger partial charge in [0, 0.05) is 61.4 Å². The zero-order chi connectivity index (χ0) is 31.1. The molecule has 1 saturated heterocycles. The molecule has 1 aromatic heterocycles. The number of Topliss-reactive ketones (excluding diaryl/α,β-unsaturated/α-hetero) is 1. The van der Waals surface area contributed by atoms with Crippen LogP contribution in [0.25, 0.3) is 10.9 Å². The van der Waals surface area contributed by atoms with E-state index in [1.807, 2.05) is 60.4 Å². The molecule has 1 saturated carbocycles. The molecule has 2 aromatic carbocycles. The first-order chi connectivity index (χ1) is 21.4. The van der Waals surface area contributed by atoms with Gasteiger partial charge in [-0.15, -0.1) is 0 Å². The molecule has 3 aromatic rings. The molecule has 1 amide bonds. The zero-order valence-electron chi connectivity index (χ0n) is 25.5. The Morgan fingerprint density at radius 2 is 1.80 bits per heavy atom. The summed E-state index contributed by atoms with van der Waals surface area (Å²) in [4.78, 5) is 45.4. The van der Waals surface area contributed by atoms with Crippen molar-refractivity contribution in [1.29, 1.82) is 0 Å². The number of ether oxygens (including phenoxy) is 2. The summed E-state index contributed by atoms with van der Waals surface area (Å²) in [6.45, 7) is 3.36. The van der Waals surface area contributed by atoms with E-state index in [2.05, 4.69) is 4.98 Å². The smallest absolute Gasteiger partial charge is 0.354 e. The molecule has 8 nitrogen and oxygen atoms in total. The molecular formula is C35H44FN3O5. The van der Waals surface area contributed by atoms with Crippen molar-refractivity contribution in [3.8, 4) is 0 Å². The number of rotatable bonds is 13. The molecule has 236 valence electrons. The minimum atomic E-state index is -0.556. The van der Waals surface area contributed by atoms with Crippen LogP contribution in [0.15, 0.2) is 54.6 Å². The van der Waals surface area contributed by atoms with Gasteiger partial charge in [-0.05, 0) is 74.3 Å². The number of ketones is 1. The van der Waals surface area contributed by atoms with E-state index in [-0.39, 0.29) is 42.5 Å². The summed E-state index contributed by atoms with van der Waals surface area (Å²) in [6.07, 6.45) is 4.34. The Balaban J connectivity index is 1.29. The Kier molecular flexibility index (Phi) is 10.8. The normalized spacial score (nSPS) is 22.7. The fourth-order valence-corrected chi connectivity index (χ4v) is 6.90. The van der Waals surface area contributed by atoms with Crippen LogP contribution in [0, 0.1) is 11.8 Å². The van der Waals surface area contributed by atoms with E-state index in [1.54, 1.807) is 6.07 Å². The first-order valence-corrected chi connectivity index (χ1v) is 16.0. The summed E-state index contributed by atoms with van der Waals surface area (Å²) < 4.78 is 23.8. The van der Waals surface area contributed by atoms with Crippen molar-refractivity contribution in [3.63, 3.8) is 0 Å². The van der Waals surface area contributed by atoms with Gasteiger partial charge in [-0.3, -0.25) is 9.59 Å². The first-order valence-electron chi connectivity index (χ1n) is 16.0. The van der Waals surface area contributed by atoms with E-state index < -0.39 is 24.7 Å². The number of esters is 1. The number of aromatic nitrogens is 1. The molecule has 5 rings (SSSR count). The summed E-state index contributed by atoms with van der Waals surface area (Å²) in [7, 11) is 0. The highest BCUT2D eigenvalue weighted by Gasteiger charge is 2.44. The minimum Gasteiger partial charge on any atom is -0.461 e. The SMILES string of the molecule is CCOCCCOC(=O)c1cc2cc(CC(=O)[C@@H]3[C@H](c4ccccc4)CCN3C(=O)C3CCC([C@H](N)CF)CC3)ccc2[nH]1. The summed E-state index contributed by atoms with van der Waals surface area (Å²) in [6, 6.07) is 16.4. The molecule has 44 heavy (non-hydrogen) atoms. The number of benzene rings is 2. The largest absolute Gasteiger partial charge is 0.461 e. The van der Waals surface area contributed by atoms with E-state index in [0.717, 1.165) is 41.3 Å². The van der Waals surface area contributed by atoms with Crippen molar-refractivity contribution in [1.82, 2.24) is 9.88 Å². The maximum absolute atomic E-state index is 14.1. The lowest BCUT2D eigenvalue weighted by Gasteiger charge is -2.35. The van der Waals surface area contributed by atoms with Crippen LogP contribution in [0.4, 0.5) is 4.39 Å². The van der Waals surface area contributed by atoms with Gasteiger partial charge in [0.05, 0.1) is 12.6 Å². The number of nitrogens with two attached hydrogens (primary N) is 1. The van der Waals surface area contributed by atoms with E-state index >= 15 is 0 Å². The zero-order valence-corrected chi connectivity index (χ0v) is 25.5. The number of fused-ring (bicyclic) bond motifs is 1. The number of aromatic amines is 1. The Morgan fingerprint density at radius 1 is 1.02 bits per heavy atom. The maximum atomic E-state index is 14.1. The highest BCUT2D eigenvalue weighted by Crippen LogP contribution is 2.38. The lowest BCUT2D eigenvalue weighted by Crippen LogP contribution is -2.47. The number of carbonyl (C=O) groups is 3. The number of alkyl halides is 1. The van der Waals surface area contributed by atoms with Gasteiger partial charge in [0.25, 0.3) is 0 Å². The van der Waals surface area contributed by atoms with Gasteiger partial charge in [0.1, 0.15) is 12.4 Å². The summed E-state index contributed by atoms with van der Waals surface area (Å²) >= 11 is 0. The maximum Gasteiger partial charge on any atom is 0.354 e. The van der Waals surface area contributed by atoms with Gasteiger partial charge in [-0.1, -0.05) is 36.4 Å². The molecule has 9 heteroatoms. The molecule has 0 bridgehead atoms. The first kappa shape index (κ1) is 31.9. The molecule has 1 aliphatic heterocycles. The number of hydrogen-bond acceptors (Lipinski definition) is 6. The molecule has 3 N–H and O–H groups in total. The van der Waals surface area contributed by atoms with Gasteiger partial charge >= 0.3 is 5.97 Å². The molecule has 0 radical (unpaired) electrons. The Hall–Kier alpha value is -3.56. The lowest BCUT2D eigenvalue weighted by molar-refractivity contribution is -0.142. The average Bonchev–Trinajstić information content (AvgIpc) is 3.69. The summed E-state index contributed by atoms with van der Waals surface area (Å²) in [5.74, 6) is -0.549. The minimum absolute atomic E-state index is 0.00153. The number of likely N-dealkylation sites (tertiary alicyclic amines) is 1. The second-order valence-electron chi connectivity index (χ2n) is 12.1. The van der Waals surface area contributed by atoms with Crippen molar-refractivity contribution < 1.29 is 28.2 Å². The average molecular weight is 606 g/mol. The van der Waals surface area contributed by atoms with Crippen molar-refractivity contribution >= 4 is 28.6 Å². The predicted molar refractivity (Wildman–Crippen MR) is 167 cm³/mol. The summed E-state index contributed by atoms with van der Waals surface area (Å²) in [5, 5.41) is 0.818. The molecular weight excluding hydrogens is 561 g/mol. The van der Waals surface area contributed by atoms with E-state index in [1.165, 1.54) is 0 Å². The monoisotopic (exact) mass is 605 g/mol. The topological polar surface area (TPSA) is 115 Å². The molecule has 2 heterocycles. The van der Waals surface area contributed by atoms with Crippen LogP contribution in [-0.2, 0) is 25.5 Å². The van der Waals surface area contributed by atoms with Crippen molar-refractivity contribution in [2.45, 2.75) is 69.9 Å². The van der Waals surface area contributed by atoms with Crippen LogP contribution in [0.5, 0.6) is 0 Å². The quantitative estimate of drug-likeness (QED) is 0.201. The standard InChI is InChI=1S/C35H44FN3O5/c1-2-43-17-6-18-44-35(42)31-21-27-19-23(9-14-30(27)38-31)20-32(40)33-28(24-7-4-3-5-8-24)15-16-39(33)34(41)26-12-10-25(11-13-26)29(37)22-36/h3-5,7-9,14,19,21,25-26,28-29,33,38H,2,6,10-13,15-18,20,22,37H2,1H3/t25?,26?,28-,29+,33-/m0/s1. The molecule has 1 aliphatic carbocycles. The summed E-state index contributed by atoms with van der Waals surface area (Å²) in [5.41, 5.74) is 8.98.